The summed E-state index contributed by atoms with van der Waals surface area (Å²) in [5.74, 6) is -0.193. The highest BCUT2D eigenvalue weighted by atomic mass is 35.5. The lowest BCUT2D eigenvalue weighted by molar-refractivity contribution is 0.103. The Bertz CT molecular complexity index is 1620. The van der Waals surface area contributed by atoms with Gasteiger partial charge in [0.2, 0.25) is 0 Å². The van der Waals surface area contributed by atoms with E-state index in [1.165, 1.54) is 0 Å². The number of hydrogen-bond donors (Lipinski definition) is 1. The number of halogens is 2. The van der Waals surface area contributed by atoms with E-state index in [0.29, 0.717) is 44.4 Å². The monoisotopic (exact) mass is 535 g/mol. The van der Waals surface area contributed by atoms with Crippen LogP contribution >= 0.6 is 23.2 Å². The van der Waals surface area contributed by atoms with Gasteiger partial charge in [0.25, 0.3) is 0 Å². The first-order valence-corrected chi connectivity index (χ1v) is 12.9. The van der Waals surface area contributed by atoms with Crippen molar-refractivity contribution in [2.45, 2.75) is 6.42 Å². The van der Waals surface area contributed by atoms with Crippen LogP contribution in [0.5, 0.6) is 0 Å². The number of rotatable bonds is 8. The Morgan fingerprint density at radius 2 is 1.16 bits per heavy atom. The predicted molar refractivity (Wildman–Crippen MR) is 155 cm³/mol. The molecule has 5 aromatic carbocycles. The van der Waals surface area contributed by atoms with Crippen molar-refractivity contribution in [2.24, 2.45) is 0 Å². The van der Waals surface area contributed by atoms with E-state index in [1.54, 1.807) is 54.6 Å². The predicted octanol–water partition coefficient (Wildman–Crippen LogP) is 8.79. The maximum atomic E-state index is 13.6. The van der Waals surface area contributed by atoms with Gasteiger partial charge in [-0.2, -0.15) is 0 Å². The molecule has 0 atom stereocenters. The average Bonchev–Trinajstić information content (AvgIpc) is 2.94. The number of hydrogen-bond acceptors (Lipinski definition) is 3. The van der Waals surface area contributed by atoms with Gasteiger partial charge in [0.15, 0.2) is 11.6 Å². The van der Waals surface area contributed by atoms with E-state index in [2.05, 4.69) is 5.32 Å². The van der Waals surface area contributed by atoms with Gasteiger partial charge in [-0.3, -0.25) is 9.59 Å². The van der Waals surface area contributed by atoms with Gasteiger partial charge in [-0.1, -0.05) is 102 Å². The molecule has 0 saturated heterocycles. The molecule has 0 saturated carbocycles. The first-order valence-electron chi connectivity index (χ1n) is 12.1. The van der Waals surface area contributed by atoms with Crippen molar-refractivity contribution < 1.29 is 9.59 Å². The second kappa shape index (κ2) is 11.5. The largest absolute Gasteiger partial charge is 0.355 e. The van der Waals surface area contributed by atoms with Gasteiger partial charge in [-0.25, -0.2) is 0 Å². The van der Waals surface area contributed by atoms with Crippen molar-refractivity contribution in [1.82, 2.24) is 0 Å². The Labute approximate surface area is 231 Å². The summed E-state index contributed by atoms with van der Waals surface area (Å²) >= 11 is 12.6. The smallest absolute Gasteiger partial charge is 0.195 e. The van der Waals surface area contributed by atoms with Gasteiger partial charge in [-0.05, 0) is 53.6 Å². The summed E-state index contributed by atoms with van der Waals surface area (Å²) < 4.78 is 0. The van der Waals surface area contributed by atoms with Gasteiger partial charge >= 0.3 is 0 Å². The molecule has 0 heterocycles. The molecule has 5 heteroatoms. The lowest BCUT2D eigenvalue weighted by Crippen LogP contribution is -2.10. The first-order chi connectivity index (χ1) is 18.5. The lowest BCUT2D eigenvalue weighted by atomic mass is 9.91. The maximum Gasteiger partial charge on any atom is 0.195 e. The van der Waals surface area contributed by atoms with E-state index >= 15 is 0 Å². The molecule has 0 unspecified atom stereocenters. The van der Waals surface area contributed by atoms with Crippen molar-refractivity contribution in [3.8, 4) is 0 Å². The number of benzene rings is 5. The molecule has 0 aliphatic carbocycles. The molecule has 5 rings (SSSR count). The van der Waals surface area contributed by atoms with Gasteiger partial charge < -0.3 is 5.32 Å². The summed E-state index contributed by atoms with van der Waals surface area (Å²) in [4.78, 5) is 27.0. The third-order valence-electron chi connectivity index (χ3n) is 6.25. The van der Waals surface area contributed by atoms with Crippen LogP contribution in [-0.2, 0) is 6.42 Å². The fourth-order valence-electron chi connectivity index (χ4n) is 4.42. The van der Waals surface area contributed by atoms with Crippen LogP contribution in [0.15, 0.2) is 121 Å². The van der Waals surface area contributed by atoms with E-state index in [0.717, 1.165) is 16.8 Å². The van der Waals surface area contributed by atoms with Gasteiger partial charge in [0.1, 0.15) is 0 Å². The second-order valence-corrected chi connectivity index (χ2v) is 9.72. The molecule has 0 spiro atoms. The van der Waals surface area contributed by atoms with Crippen LogP contribution in [0, 0.1) is 0 Å². The number of anilines is 2. The van der Waals surface area contributed by atoms with E-state index in [9.17, 15) is 9.59 Å². The highest BCUT2D eigenvalue weighted by Crippen LogP contribution is 2.32. The first kappa shape index (κ1) is 25.5. The molecule has 1 N–H and O–H groups in total. The SMILES string of the molecule is O=C(c1ccccc1)c1ccc(Cl)cc1Cc1cccc(C(=O)c2ccccc2)c1Nc1cccc(Cl)c1. The molecule has 3 nitrogen and oxygen atoms in total. The summed E-state index contributed by atoms with van der Waals surface area (Å²) in [6, 6.07) is 36.6. The number of carbonyl (C=O) groups is 2. The van der Waals surface area contributed by atoms with Crippen molar-refractivity contribution in [1.29, 1.82) is 0 Å². The fraction of sp³-hybridized carbons (Fsp3) is 0.0303. The highest BCUT2D eigenvalue weighted by molar-refractivity contribution is 6.31. The van der Waals surface area contributed by atoms with E-state index in [1.807, 2.05) is 66.7 Å². The standard InChI is InChI=1S/C33H23Cl2NO2/c34-26-14-8-15-28(21-26)36-31-24(13-7-16-30(31)33(38)23-11-5-2-6-12-23)19-25-20-27(35)17-18-29(25)32(37)22-9-3-1-4-10-22/h1-18,20-21,36H,19H2. The highest BCUT2D eigenvalue weighted by Gasteiger charge is 2.20. The Balaban J connectivity index is 1.61. The van der Waals surface area contributed by atoms with E-state index < -0.39 is 0 Å². The van der Waals surface area contributed by atoms with Crippen LogP contribution in [0.3, 0.4) is 0 Å². The quantitative estimate of drug-likeness (QED) is 0.202. The minimum atomic E-state index is -0.108. The number of ketones is 2. The number of para-hydroxylation sites is 1. The Kier molecular flexibility index (Phi) is 7.69. The summed E-state index contributed by atoms with van der Waals surface area (Å²) in [5, 5.41) is 4.54. The molecule has 0 aliphatic heterocycles. The third kappa shape index (κ3) is 5.70. The third-order valence-corrected chi connectivity index (χ3v) is 6.72. The zero-order valence-electron chi connectivity index (χ0n) is 20.3. The molecule has 0 radical (unpaired) electrons. The zero-order valence-corrected chi connectivity index (χ0v) is 21.8. The van der Waals surface area contributed by atoms with Crippen molar-refractivity contribution in [2.75, 3.05) is 5.32 Å². The van der Waals surface area contributed by atoms with E-state index in [-0.39, 0.29) is 11.6 Å². The van der Waals surface area contributed by atoms with Crippen LogP contribution < -0.4 is 5.32 Å². The second-order valence-electron chi connectivity index (χ2n) is 8.84. The summed E-state index contributed by atoms with van der Waals surface area (Å²) in [6.07, 6.45) is 0.382. The topological polar surface area (TPSA) is 46.2 Å². The molecular formula is C33H23Cl2NO2. The molecule has 0 amide bonds. The van der Waals surface area contributed by atoms with E-state index in [4.69, 9.17) is 23.2 Å². The molecular weight excluding hydrogens is 513 g/mol. The fourth-order valence-corrected chi connectivity index (χ4v) is 4.81. The van der Waals surface area contributed by atoms with Crippen LogP contribution in [-0.4, -0.2) is 11.6 Å². The minimum absolute atomic E-state index is 0.0851. The minimum Gasteiger partial charge on any atom is -0.355 e. The Morgan fingerprint density at radius 3 is 1.82 bits per heavy atom. The van der Waals surface area contributed by atoms with Gasteiger partial charge in [0.05, 0.1) is 5.69 Å². The summed E-state index contributed by atoms with van der Waals surface area (Å²) in [6.45, 7) is 0. The summed E-state index contributed by atoms with van der Waals surface area (Å²) in [5.41, 5.74) is 5.28. The van der Waals surface area contributed by atoms with Crippen LogP contribution in [0.4, 0.5) is 11.4 Å². The number of nitrogens with one attached hydrogen (secondary N) is 1. The van der Waals surface area contributed by atoms with Crippen molar-refractivity contribution in [3.05, 3.63) is 165 Å². The maximum absolute atomic E-state index is 13.6. The van der Waals surface area contributed by atoms with Crippen LogP contribution in [0.2, 0.25) is 10.0 Å². The average molecular weight is 536 g/mol. The van der Waals surface area contributed by atoms with Crippen LogP contribution in [0.25, 0.3) is 0 Å². The Morgan fingerprint density at radius 1 is 0.553 bits per heavy atom. The van der Waals surface area contributed by atoms with Crippen molar-refractivity contribution >= 4 is 46.1 Å². The lowest BCUT2D eigenvalue weighted by Gasteiger charge is -2.18. The molecule has 186 valence electrons. The molecule has 0 fully saturated rings. The molecule has 38 heavy (non-hydrogen) atoms. The zero-order chi connectivity index (χ0) is 26.5. The van der Waals surface area contributed by atoms with Gasteiger partial charge in [-0.15, -0.1) is 0 Å². The Hall–Kier alpha value is -4.18. The van der Waals surface area contributed by atoms with Gasteiger partial charge in [0, 0.05) is 44.4 Å². The molecule has 0 bridgehead atoms. The summed E-state index contributed by atoms with van der Waals surface area (Å²) in [7, 11) is 0. The molecule has 5 aromatic rings. The number of carbonyl (C=O) groups excluding carboxylic acids is 2. The van der Waals surface area contributed by atoms with Crippen LogP contribution in [0.1, 0.15) is 43.0 Å². The molecule has 0 aliphatic rings. The van der Waals surface area contributed by atoms with Crippen molar-refractivity contribution in [3.63, 3.8) is 0 Å². The normalized spacial score (nSPS) is 10.7. The molecule has 0 aromatic heterocycles.